The van der Waals surface area contributed by atoms with Crippen molar-refractivity contribution in [2.45, 2.75) is 38.8 Å². The van der Waals surface area contributed by atoms with Crippen molar-refractivity contribution in [1.82, 2.24) is 9.88 Å². The fourth-order valence-corrected chi connectivity index (χ4v) is 3.57. The molecule has 138 valence electrons. The van der Waals surface area contributed by atoms with Gasteiger partial charge in [0.25, 0.3) is 5.91 Å². The monoisotopic (exact) mass is 362 g/mol. The normalized spacial score (nSPS) is 18.0. The number of rotatable bonds is 2. The van der Waals surface area contributed by atoms with Crippen LogP contribution in [-0.2, 0) is 6.18 Å². The molecule has 0 spiro atoms. The van der Waals surface area contributed by atoms with Gasteiger partial charge in [0.05, 0.1) is 5.56 Å². The minimum absolute atomic E-state index is 0.137. The Morgan fingerprint density at radius 1 is 1.19 bits per heavy atom. The molecule has 1 saturated heterocycles. The second kappa shape index (κ2) is 7.09. The molecule has 1 aliphatic rings. The Hall–Kier alpha value is -2.37. The summed E-state index contributed by atoms with van der Waals surface area (Å²) in [6.45, 7) is 4.54. The molecular formula is C20H21F3N2O. The molecule has 0 N–H and O–H groups in total. The van der Waals surface area contributed by atoms with Gasteiger partial charge in [-0.25, -0.2) is 0 Å². The first-order valence-electron chi connectivity index (χ1n) is 8.66. The van der Waals surface area contributed by atoms with Crippen LogP contribution >= 0.6 is 0 Å². The van der Waals surface area contributed by atoms with Crippen molar-refractivity contribution in [1.29, 1.82) is 0 Å². The van der Waals surface area contributed by atoms with Gasteiger partial charge in [0, 0.05) is 36.5 Å². The van der Waals surface area contributed by atoms with Gasteiger partial charge in [0.1, 0.15) is 0 Å². The van der Waals surface area contributed by atoms with E-state index < -0.39 is 11.7 Å². The van der Waals surface area contributed by atoms with Crippen molar-refractivity contribution in [3.05, 3.63) is 64.5 Å². The molecule has 1 aliphatic heterocycles. The van der Waals surface area contributed by atoms with Crippen LogP contribution < -0.4 is 0 Å². The van der Waals surface area contributed by atoms with Gasteiger partial charge in [0.2, 0.25) is 0 Å². The molecule has 2 aromatic rings. The van der Waals surface area contributed by atoms with Crippen LogP contribution in [0.2, 0.25) is 0 Å². The van der Waals surface area contributed by atoms with Crippen LogP contribution in [0, 0.1) is 13.8 Å². The Kier molecular flexibility index (Phi) is 5.03. The summed E-state index contributed by atoms with van der Waals surface area (Å²) < 4.78 is 40.0. The number of benzene rings is 1. The largest absolute Gasteiger partial charge is 0.416 e. The first-order valence-corrected chi connectivity index (χ1v) is 8.66. The van der Waals surface area contributed by atoms with Crippen molar-refractivity contribution in [2.75, 3.05) is 13.1 Å². The number of piperidine rings is 1. The van der Waals surface area contributed by atoms with Crippen LogP contribution in [0.3, 0.4) is 0 Å². The highest BCUT2D eigenvalue weighted by atomic mass is 19.4. The second-order valence-corrected chi connectivity index (χ2v) is 6.74. The number of halogens is 3. The SMILES string of the molecule is Cc1nccc(C(=O)N2CCCC(c3ccccc3C(F)(F)F)C2)c1C. The molecule has 1 amide bonds. The number of aromatic nitrogens is 1. The van der Waals surface area contributed by atoms with Gasteiger partial charge >= 0.3 is 6.18 Å². The van der Waals surface area contributed by atoms with E-state index in [1.165, 1.54) is 12.1 Å². The molecule has 1 atom stereocenters. The number of carbonyl (C=O) groups is 1. The minimum Gasteiger partial charge on any atom is -0.338 e. The maximum atomic E-state index is 13.3. The quantitative estimate of drug-likeness (QED) is 0.773. The van der Waals surface area contributed by atoms with Crippen molar-refractivity contribution < 1.29 is 18.0 Å². The lowest BCUT2D eigenvalue weighted by Gasteiger charge is -2.34. The molecule has 1 unspecified atom stereocenters. The summed E-state index contributed by atoms with van der Waals surface area (Å²) in [5.41, 5.74) is 1.85. The van der Waals surface area contributed by atoms with Crippen LogP contribution in [-0.4, -0.2) is 28.9 Å². The molecular weight excluding hydrogens is 341 g/mol. The third kappa shape index (κ3) is 3.59. The van der Waals surface area contributed by atoms with Crippen LogP contribution in [0.25, 0.3) is 0 Å². The standard InChI is InChI=1S/C20H21F3N2O/c1-13-14(2)24-10-9-16(13)19(26)25-11-5-6-15(12-25)17-7-3-4-8-18(17)20(21,22)23/h3-4,7-10,15H,5-6,11-12H2,1-2H3. The average molecular weight is 362 g/mol. The number of carbonyl (C=O) groups excluding carboxylic acids is 1. The van der Waals surface area contributed by atoms with Gasteiger partial charge < -0.3 is 4.90 Å². The summed E-state index contributed by atoms with van der Waals surface area (Å²) in [6, 6.07) is 7.36. The summed E-state index contributed by atoms with van der Waals surface area (Å²) in [5.74, 6) is -0.448. The number of hydrogen-bond donors (Lipinski definition) is 0. The smallest absolute Gasteiger partial charge is 0.338 e. The molecule has 2 heterocycles. The maximum absolute atomic E-state index is 13.3. The fraction of sp³-hybridized carbons (Fsp3) is 0.400. The molecule has 3 rings (SSSR count). The van der Waals surface area contributed by atoms with Crippen LogP contribution in [0.5, 0.6) is 0 Å². The number of aryl methyl sites for hydroxylation is 1. The van der Waals surface area contributed by atoms with E-state index in [0.29, 0.717) is 31.5 Å². The van der Waals surface area contributed by atoms with E-state index in [2.05, 4.69) is 4.98 Å². The number of amides is 1. The third-order valence-electron chi connectivity index (χ3n) is 5.10. The van der Waals surface area contributed by atoms with E-state index in [4.69, 9.17) is 0 Å². The van der Waals surface area contributed by atoms with E-state index in [0.717, 1.165) is 17.3 Å². The minimum atomic E-state index is -4.39. The zero-order valence-corrected chi connectivity index (χ0v) is 14.8. The summed E-state index contributed by atoms with van der Waals surface area (Å²) in [5, 5.41) is 0. The lowest BCUT2D eigenvalue weighted by Crippen LogP contribution is -2.39. The molecule has 1 aromatic heterocycles. The zero-order chi connectivity index (χ0) is 18.9. The summed E-state index contributed by atoms with van der Waals surface area (Å²) >= 11 is 0. The predicted octanol–water partition coefficient (Wildman–Crippen LogP) is 4.74. The molecule has 6 heteroatoms. The molecule has 0 saturated carbocycles. The summed E-state index contributed by atoms with van der Waals surface area (Å²) in [7, 11) is 0. The van der Waals surface area contributed by atoms with Crippen LogP contribution in [0.15, 0.2) is 36.5 Å². The number of pyridine rings is 1. The Labute approximate surface area is 150 Å². The van der Waals surface area contributed by atoms with Crippen molar-refractivity contribution in [3.8, 4) is 0 Å². The van der Waals surface area contributed by atoms with Gasteiger partial charge in [-0.3, -0.25) is 9.78 Å². The number of nitrogens with zero attached hydrogens (tertiary/aromatic N) is 2. The number of hydrogen-bond acceptors (Lipinski definition) is 2. The number of alkyl halides is 3. The average Bonchev–Trinajstić information content (AvgIpc) is 2.63. The lowest BCUT2D eigenvalue weighted by molar-refractivity contribution is -0.138. The fourth-order valence-electron chi connectivity index (χ4n) is 3.57. The highest BCUT2D eigenvalue weighted by Gasteiger charge is 2.36. The molecule has 0 bridgehead atoms. The molecule has 26 heavy (non-hydrogen) atoms. The van der Waals surface area contributed by atoms with E-state index in [1.807, 2.05) is 13.8 Å². The first-order chi connectivity index (χ1) is 12.3. The van der Waals surface area contributed by atoms with E-state index >= 15 is 0 Å². The molecule has 1 fully saturated rings. The van der Waals surface area contributed by atoms with Crippen molar-refractivity contribution in [3.63, 3.8) is 0 Å². The predicted molar refractivity (Wildman–Crippen MR) is 93.0 cm³/mol. The van der Waals surface area contributed by atoms with E-state index in [1.54, 1.807) is 23.2 Å². The maximum Gasteiger partial charge on any atom is 0.416 e. The molecule has 3 nitrogen and oxygen atoms in total. The third-order valence-corrected chi connectivity index (χ3v) is 5.10. The zero-order valence-electron chi connectivity index (χ0n) is 14.8. The molecule has 1 aromatic carbocycles. The van der Waals surface area contributed by atoms with Gasteiger partial charge in [-0.05, 0) is 49.9 Å². The van der Waals surface area contributed by atoms with Gasteiger partial charge in [0.15, 0.2) is 0 Å². The van der Waals surface area contributed by atoms with Crippen molar-refractivity contribution >= 4 is 5.91 Å². The Morgan fingerprint density at radius 2 is 1.92 bits per heavy atom. The Morgan fingerprint density at radius 3 is 2.65 bits per heavy atom. The lowest BCUT2D eigenvalue weighted by atomic mass is 9.87. The molecule has 0 radical (unpaired) electrons. The summed E-state index contributed by atoms with van der Waals surface area (Å²) in [4.78, 5) is 18.7. The Balaban J connectivity index is 1.87. The second-order valence-electron chi connectivity index (χ2n) is 6.74. The topological polar surface area (TPSA) is 33.2 Å². The Bertz CT molecular complexity index is 817. The van der Waals surface area contributed by atoms with Gasteiger partial charge in [-0.1, -0.05) is 18.2 Å². The van der Waals surface area contributed by atoms with E-state index in [-0.39, 0.29) is 17.4 Å². The summed E-state index contributed by atoms with van der Waals surface area (Å²) in [6.07, 6.45) is -1.46. The van der Waals surface area contributed by atoms with Crippen LogP contribution in [0.4, 0.5) is 13.2 Å². The van der Waals surface area contributed by atoms with Crippen LogP contribution in [0.1, 0.15) is 51.5 Å². The van der Waals surface area contributed by atoms with Gasteiger partial charge in [-0.2, -0.15) is 13.2 Å². The number of likely N-dealkylation sites (tertiary alicyclic amines) is 1. The van der Waals surface area contributed by atoms with Gasteiger partial charge in [-0.15, -0.1) is 0 Å². The molecule has 0 aliphatic carbocycles. The highest BCUT2D eigenvalue weighted by molar-refractivity contribution is 5.95. The van der Waals surface area contributed by atoms with Crippen molar-refractivity contribution in [2.24, 2.45) is 0 Å². The van der Waals surface area contributed by atoms with E-state index in [9.17, 15) is 18.0 Å². The first kappa shape index (κ1) is 18.4. The highest BCUT2D eigenvalue weighted by Crippen LogP contribution is 2.38.